The number of aromatic nitrogens is 2. The van der Waals surface area contributed by atoms with Gasteiger partial charge in [0.25, 0.3) is 0 Å². The summed E-state index contributed by atoms with van der Waals surface area (Å²) in [6.45, 7) is 3.62. The number of halogens is 1. The molecule has 7 rings (SSSR count). The van der Waals surface area contributed by atoms with Crippen LogP contribution in [0.2, 0.25) is 5.02 Å². The van der Waals surface area contributed by atoms with Crippen LogP contribution in [0.1, 0.15) is 48.5 Å². The maximum Gasteiger partial charge on any atom is 0.186 e. The molecule has 1 aliphatic heterocycles. The average molecular weight is 492 g/mol. The van der Waals surface area contributed by atoms with E-state index in [2.05, 4.69) is 47.3 Å². The second kappa shape index (κ2) is 8.08. The van der Waals surface area contributed by atoms with Crippen LogP contribution in [0.15, 0.2) is 47.0 Å². The Bertz CT molecular complexity index is 1320. The number of piperidine rings is 1. The SMILES string of the molecule is Cc1cccc(Cl)c1-c1noc(C2CC2)c1CO[C@H]1C[C@H]2C[C@@H]1CN2c1nc2ccccc2s1. The molecular weight excluding hydrogens is 466 g/mol. The number of aryl methyl sites for hydroxylation is 1. The van der Waals surface area contributed by atoms with Gasteiger partial charge in [-0.15, -0.1) is 0 Å². The first kappa shape index (κ1) is 20.9. The Labute approximate surface area is 207 Å². The van der Waals surface area contributed by atoms with Crippen LogP contribution in [0.5, 0.6) is 0 Å². The fraction of sp³-hybridized carbons (Fsp3) is 0.407. The van der Waals surface area contributed by atoms with E-state index in [9.17, 15) is 0 Å². The van der Waals surface area contributed by atoms with E-state index in [0.29, 0.717) is 29.5 Å². The van der Waals surface area contributed by atoms with Crippen LogP contribution in [0, 0.1) is 12.8 Å². The van der Waals surface area contributed by atoms with Gasteiger partial charge in [-0.25, -0.2) is 4.98 Å². The molecule has 34 heavy (non-hydrogen) atoms. The Morgan fingerprint density at radius 2 is 2.03 bits per heavy atom. The van der Waals surface area contributed by atoms with Gasteiger partial charge >= 0.3 is 0 Å². The smallest absolute Gasteiger partial charge is 0.186 e. The maximum atomic E-state index is 6.60. The quantitative estimate of drug-likeness (QED) is 0.291. The molecule has 0 unspecified atom stereocenters. The molecule has 3 atom stereocenters. The lowest BCUT2D eigenvalue weighted by Crippen LogP contribution is -2.38. The van der Waals surface area contributed by atoms with Crippen molar-refractivity contribution in [3.63, 3.8) is 0 Å². The zero-order chi connectivity index (χ0) is 22.8. The van der Waals surface area contributed by atoms with Crippen molar-refractivity contribution < 1.29 is 9.26 Å². The second-order valence-electron chi connectivity index (χ2n) is 9.93. The van der Waals surface area contributed by atoms with Crippen LogP contribution >= 0.6 is 22.9 Å². The van der Waals surface area contributed by atoms with Gasteiger partial charge in [0.05, 0.1) is 28.0 Å². The summed E-state index contributed by atoms with van der Waals surface area (Å²) in [7, 11) is 0. The van der Waals surface area contributed by atoms with Crippen LogP contribution in [-0.2, 0) is 11.3 Å². The predicted octanol–water partition coefficient (Wildman–Crippen LogP) is 6.97. The zero-order valence-corrected chi connectivity index (χ0v) is 20.6. The first-order valence-electron chi connectivity index (χ1n) is 12.1. The Kier molecular flexibility index (Phi) is 4.97. The molecule has 7 heteroatoms. The fourth-order valence-corrected chi connectivity index (χ4v) is 7.13. The van der Waals surface area contributed by atoms with Crippen molar-refractivity contribution in [2.75, 3.05) is 11.4 Å². The fourth-order valence-electron chi connectivity index (χ4n) is 5.77. The molecule has 2 aromatic carbocycles. The number of benzene rings is 2. The molecule has 3 heterocycles. The highest BCUT2D eigenvalue weighted by molar-refractivity contribution is 7.22. The lowest BCUT2D eigenvalue weighted by molar-refractivity contribution is 0.0122. The summed E-state index contributed by atoms with van der Waals surface area (Å²) in [4.78, 5) is 7.40. The van der Waals surface area contributed by atoms with E-state index in [1.165, 1.54) is 11.1 Å². The summed E-state index contributed by atoms with van der Waals surface area (Å²) >= 11 is 8.39. The van der Waals surface area contributed by atoms with E-state index in [0.717, 1.165) is 64.6 Å². The number of hydrogen-bond acceptors (Lipinski definition) is 6. The molecule has 174 valence electrons. The molecule has 5 nitrogen and oxygen atoms in total. The number of para-hydroxylation sites is 1. The van der Waals surface area contributed by atoms with Crippen LogP contribution in [0.25, 0.3) is 21.5 Å². The third-order valence-corrected chi connectivity index (χ3v) is 9.06. The summed E-state index contributed by atoms with van der Waals surface area (Å²) in [6.07, 6.45) is 4.81. The standard InChI is InChI=1S/C27H26ClN3O2S/c1-15-5-4-6-20(28)24(15)25-19(26(33-30-25)16-9-10-16)14-32-22-12-18-11-17(22)13-31(18)27-29-21-7-2-3-8-23(21)34-27/h2-8,16-18,22H,9-14H2,1H3/t17-,18-,22+/m1/s1. The molecule has 3 aliphatic rings. The maximum absolute atomic E-state index is 6.60. The van der Waals surface area contributed by atoms with Crippen molar-refractivity contribution in [1.82, 2.24) is 10.1 Å². The first-order valence-corrected chi connectivity index (χ1v) is 13.3. The van der Waals surface area contributed by atoms with Crippen molar-refractivity contribution in [3.05, 3.63) is 64.4 Å². The molecule has 0 radical (unpaired) electrons. The molecule has 3 fully saturated rings. The number of fused-ring (bicyclic) bond motifs is 3. The van der Waals surface area contributed by atoms with Gasteiger partial charge < -0.3 is 14.2 Å². The van der Waals surface area contributed by atoms with Crippen molar-refractivity contribution in [3.8, 4) is 11.3 Å². The molecule has 2 aliphatic carbocycles. The topological polar surface area (TPSA) is 51.4 Å². The van der Waals surface area contributed by atoms with Gasteiger partial charge in [0.1, 0.15) is 11.5 Å². The summed E-state index contributed by atoms with van der Waals surface area (Å²) in [5, 5.41) is 6.34. The van der Waals surface area contributed by atoms with Crippen LogP contribution in [-0.4, -0.2) is 28.8 Å². The van der Waals surface area contributed by atoms with E-state index >= 15 is 0 Å². The zero-order valence-electron chi connectivity index (χ0n) is 19.0. The number of ether oxygens (including phenoxy) is 1. The number of nitrogens with zero attached hydrogens (tertiary/aromatic N) is 3. The first-order chi connectivity index (χ1) is 16.7. The van der Waals surface area contributed by atoms with Crippen LogP contribution < -0.4 is 4.90 Å². The van der Waals surface area contributed by atoms with Crippen LogP contribution in [0.4, 0.5) is 5.13 Å². The van der Waals surface area contributed by atoms with Crippen molar-refractivity contribution in [1.29, 1.82) is 0 Å². The predicted molar refractivity (Wildman–Crippen MR) is 136 cm³/mol. The highest BCUT2D eigenvalue weighted by Crippen LogP contribution is 2.47. The summed E-state index contributed by atoms with van der Waals surface area (Å²) in [5.74, 6) is 2.00. The Hall–Kier alpha value is -2.41. The van der Waals surface area contributed by atoms with E-state index in [-0.39, 0.29) is 6.10 Å². The minimum absolute atomic E-state index is 0.262. The lowest BCUT2D eigenvalue weighted by atomic mass is 10.00. The molecule has 1 saturated heterocycles. The van der Waals surface area contributed by atoms with Crippen molar-refractivity contribution in [2.24, 2.45) is 5.92 Å². The van der Waals surface area contributed by atoms with Gasteiger partial charge in [0.15, 0.2) is 5.13 Å². The summed E-state index contributed by atoms with van der Waals surface area (Å²) in [6, 6.07) is 14.9. The minimum atomic E-state index is 0.262. The second-order valence-corrected chi connectivity index (χ2v) is 11.3. The Morgan fingerprint density at radius 3 is 2.79 bits per heavy atom. The number of thiazole rings is 1. The van der Waals surface area contributed by atoms with Crippen molar-refractivity contribution >= 4 is 38.3 Å². The molecule has 2 aromatic heterocycles. The largest absolute Gasteiger partial charge is 0.373 e. The minimum Gasteiger partial charge on any atom is -0.373 e. The third-order valence-electron chi connectivity index (χ3n) is 7.67. The number of rotatable bonds is 6. The molecule has 2 bridgehead atoms. The Balaban J connectivity index is 1.10. The van der Waals surface area contributed by atoms with E-state index in [1.54, 1.807) is 11.3 Å². The number of hydrogen-bond donors (Lipinski definition) is 0. The lowest BCUT2D eigenvalue weighted by Gasteiger charge is -2.31. The van der Waals surface area contributed by atoms with E-state index in [4.69, 9.17) is 25.8 Å². The van der Waals surface area contributed by atoms with Gasteiger partial charge in [-0.2, -0.15) is 0 Å². The third kappa shape index (κ3) is 3.46. The monoisotopic (exact) mass is 491 g/mol. The summed E-state index contributed by atoms with van der Waals surface area (Å²) in [5.41, 5.74) is 5.11. The van der Waals surface area contributed by atoms with Gasteiger partial charge in [0, 0.05) is 35.5 Å². The normalized spacial score (nSPS) is 23.9. The molecule has 0 amide bonds. The van der Waals surface area contributed by atoms with Gasteiger partial charge in [0.2, 0.25) is 0 Å². The highest BCUT2D eigenvalue weighted by atomic mass is 35.5. The molecule has 4 aromatic rings. The van der Waals surface area contributed by atoms with Crippen molar-refractivity contribution in [2.45, 2.75) is 57.3 Å². The molecule has 0 spiro atoms. The van der Waals surface area contributed by atoms with E-state index in [1.807, 2.05) is 12.1 Å². The molecule has 2 saturated carbocycles. The van der Waals surface area contributed by atoms with Gasteiger partial charge in [-0.1, -0.05) is 52.4 Å². The van der Waals surface area contributed by atoms with E-state index < -0.39 is 0 Å². The molecule has 0 N–H and O–H groups in total. The highest BCUT2D eigenvalue weighted by Gasteiger charge is 2.46. The van der Waals surface area contributed by atoms with Crippen LogP contribution in [0.3, 0.4) is 0 Å². The average Bonchev–Trinajstić information content (AvgIpc) is 3.17. The van der Waals surface area contributed by atoms with Gasteiger partial charge in [-0.05, 0) is 56.4 Å². The molecular formula is C27H26ClN3O2S. The number of anilines is 1. The van der Waals surface area contributed by atoms with Gasteiger partial charge in [-0.3, -0.25) is 0 Å². The Morgan fingerprint density at radius 1 is 1.15 bits per heavy atom. The summed E-state index contributed by atoms with van der Waals surface area (Å²) < 4.78 is 13.7.